The standard InChI is InChI=1S/C19H21FN4O2/c20-15-5-3-4-14(10-15)11-16(24-9-2-1-6-18(24)25)12-23-19(26)17-13-21-7-8-22-17/h3-5,7-8,10,13,16H,1-2,6,9,11-12H2,(H,23,26)/t16-/m1/s1. The maximum absolute atomic E-state index is 13.5. The molecule has 1 N–H and O–H groups in total. The third-order valence-electron chi connectivity index (χ3n) is 4.46. The van der Waals surface area contributed by atoms with E-state index in [1.165, 1.54) is 30.7 Å². The van der Waals surface area contributed by atoms with E-state index in [2.05, 4.69) is 15.3 Å². The second-order valence-electron chi connectivity index (χ2n) is 6.33. The van der Waals surface area contributed by atoms with Crippen LogP contribution in [0.2, 0.25) is 0 Å². The van der Waals surface area contributed by atoms with E-state index in [9.17, 15) is 14.0 Å². The van der Waals surface area contributed by atoms with Gasteiger partial charge in [0.1, 0.15) is 11.5 Å². The summed E-state index contributed by atoms with van der Waals surface area (Å²) in [4.78, 5) is 34.2. The van der Waals surface area contributed by atoms with E-state index >= 15 is 0 Å². The van der Waals surface area contributed by atoms with Gasteiger partial charge in [-0.3, -0.25) is 14.6 Å². The van der Waals surface area contributed by atoms with E-state index in [-0.39, 0.29) is 35.9 Å². The van der Waals surface area contributed by atoms with Crippen LogP contribution in [0, 0.1) is 5.82 Å². The zero-order valence-corrected chi connectivity index (χ0v) is 14.4. The van der Waals surface area contributed by atoms with Gasteiger partial charge >= 0.3 is 0 Å². The second-order valence-corrected chi connectivity index (χ2v) is 6.33. The number of carbonyl (C=O) groups is 2. The van der Waals surface area contributed by atoms with Crippen LogP contribution < -0.4 is 5.32 Å². The molecule has 1 aliphatic heterocycles. The zero-order chi connectivity index (χ0) is 18.4. The molecule has 2 amide bonds. The lowest BCUT2D eigenvalue weighted by molar-refractivity contribution is -0.135. The van der Waals surface area contributed by atoms with Gasteiger partial charge in [0.2, 0.25) is 5.91 Å². The highest BCUT2D eigenvalue weighted by Crippen LogP contribution is 2.17. The summed E-state index contributed by atoms with van der Waals surface area (Å²) in [6.07, 6.45) is 7.14. The SMILES string of the molecule is O=C(NC[C@@H](Cc1cccc(F)c1)N1CCCCC1=O)c1cnccn1. The first-order valence-electron chi connectivity index (χ1n) is 8.71. The number of amides is 2. The van der Waals surface area contributed by atoms with Crippen molar-refractivity contribution in [1.82, 2.24) is 20.2 Å². The number of piperidine rings is 1. The fourth-order valence-corrected chi connectivity index (χ4v) is 3.16. The van der Waals surface area contributed by atoms with Gasteiger partial charge in [-0.1, -0.05) is 12.1 Å². The van der Waals surface area contributed by atoms with E-state index in [0.717, 1.165) is 18.4 Å². The number of likely N-dealkylation sites (tertiary alicyclic amines) is 1. The Bertz CT molecular complexity index is 769. The van der Waals surface area contributed by atoms with E-state index in [0.29, 0.717) is 19.4 Å². The topological polar surface area (TPSA) is 75.2 Å². The van der Waals surface area contributed by atoms with Gasteiger partial charge in [0, 0.05) is 31.9 Å². The smallest absolute Gasteiger partial charge is 0.271 e. The van der Waals surface area contributed by atoms with Gasteiger partial charge in [-0.2, -0.15) is 0 Å². The summed E-state index contributed by atoms with van der Waals surface area (Å²) in [6.45, 7) is 0.928. The first-order valence-corrected chi connectivity index (χ1v) is 8.71. The van der Waals surface area contributed by atoms with Crippen LogP contribution in [0.15, 0.2) is 42.9 Å². The van der Waals surface area contributed by atoms with Crippen molar-refractivity contribution in [2.75, 3.05) is 13.1 Å². The minimum absolute atomic E-state index is 0.0754. The Labute approximate surface area is 151 Å². The summed E-state index contributed by atoms with van der Waals surface area (Å²) in [7, 11) is 0. The summed E-state index contributed by atoms with van der Waals surface area (Å²) in [5.41, 5.74) is 1.02. The Kier molecular flexibility index (Phi) is 5.88. The van der Waals surface area contributed by atoms with Crippen molar-refractivity contribution in [2.45, 2.75) is 31.7 Å². The molecular formula is C19H21FN4O2. The van der Waals surface area contributed by atoms with Crippen LogP contribution in [0.25, 0.3) is 0 Å². The number of halogens is 1. The lowest BCUT2D eigenvalue weighted by Crippen LogP contribution is -2.50. The van der Waals surface area contributed by atoms with Crippen LogP contribution in [-0.2, 0) is 11.2 Å². The van der Waals surface area contributed by atoms with Crippen molar-refractivity contribution in [2.24, 2.45) is 0 Å². The van der Waals surface area contributed by atoms with Gasteiger partial charge in [-0.15, -0.1) is 0 Å². The maximum atomic E-state index is 13.5. The minimum Gasteiger partial charge on any atom is -0.349 e. The van der Waals surface area contributed by atoms with Crippen LogP contribution in [0.5, 0.6) is 0 Å². The number of aromatic nitrogens is 2. The first-order chi connectivity index (χ1) is 12.6. The molecule has 6 nitrogen and oxygen atoms in total. The fourth-order valence-electron chi connectivity index (χ4n) is 3.16. The molecule has 1 aliphatic rings. The van der Waals surface area contributed by atoms with Gasteiger partial charge in [0.05, 0.1) is 12.2 Å². The number of hydrogen-bond acceptors (Lipinski definition) is 4. The first kappa shape index (κ1) is 18.0. The number of nitrogens with one attached hydrogen (secondary N) is 1. The molecule has 0 spiro atoms. The van der Waals surface area contributed by atoms with Crippen molar-refractivity contribution in [3.63, 3.8) is 0 Å². The van der Waals surface area contributed by atoms with Crippen LogP contribution in [0.4, 0.5) is 4.39 Å². The van der Waals surface area contributed by atoms with Crippen molar-refractivity contribution in [3.8, 4) is 0 Å². The monoisotopic (exact) mass is 356 g/mol. The summed E-state index contributed by atoms with van der Waals surface area (Å²) < 4.78 is 13.5. The van der Waals surface area contributed by atoms with Gasteiger partial charge in [-0.05, 0) is 37.0 Å². The maximum Gasteiger partial charge on any atom is 0.271 e. The highest BCUT2D eigenvalue weighted by atomic mass is 19.1. The lowest BCUT2D eigenvalue weighted by Gasteiger charge is -2.35. The Hall–Kier alpha value is -2.83. The normalized spacial score (nSPS) is 15.6. The number of nitrogens with zero attached hydrogens (tertiary/aromatic N) is 3. The molecule has 1 atom stereocenters. The van der Waals surface area contributed by atoms with Crippen molar-refractivity contribution >= 4 is 11.8 Å². The predicted octanol–water partition coefficient (Wildman–Crippen LogP) is 1.97. The largest absolute Gasteiger partial charge is 0.349 e. The molecule has 1 saturated heterocycles. The quantitative estimate of drug-likeness (QED) is 0.859. The molecule has 0 unspecified atom stereocenters. The molecule has 136 valence electrons. The van der Waals surface area contributed by atoms with Crippen molar-refractivity contribution in [3.05, 3.63) is 59.9 Å². The van der Waals surface area contributed by atoms with Crippen LogP contribution in [0.1, 0.15) is 35.3 Å². The number of carbonyl (C=O) groups excluding carboxylic acids is 2. The van der Waals surface area contributed by atoms with E-state index in [4.69, 9.17) is 0 Å². The average Bonchev–Trinajstić information content (AvgIpc) is 2.66. The lowest BCUT2D eigenvalue weighted by atomic mass is 10.0. The van der Waals surface area contributed by atoms with E-state index in [1.807, 2.05) is 6.07 Å². The molecule has 2 heterocycles. The van der Waals surface area contributed by atoms with Gasteiger partial charge in [-0.25, -0.2) is 9.37 Å². The third-order valence-corrected chi connectivity index (χ3v) is 4.46. The fraction of sp³-hybridized carbons (Fsp3) is 0.368. The Morgan fingerprint density at radius 1 is 1.31 bits per heavy atom. The zero-order valence-electron chi connectivity index (χ0n) is 14.4. The van der Waals surface area contributed by atoms with Crippen molar-refractivity contribution < 1.29 is 14.0 Å². The van der Waals surface area contributed by atoms with Crippen molar-refractivity contribution in [1.29, 1.82) is 0 Å². The second kappa shape index (κ2) is 8.51. The minimum atomic E-state index is -0.341. The molecule has 1 fully saturated rings. The van der Waals surface area contributed by atoms with Gasteiger partial charge < -0.3 is 10.2 Å². The molecule has 0 bridgehead atoms. The molecule has 26 heavy (non-hydrogen) atoms. The molecule has 0 aliphatic carbocycles. The summed E-state index contributed by atoms with van der Waals surface area (Å²) in [5, 5.41) is 2.82. The van der Waals surface area contributed by atoms with Gasteiger partial charge in [0.15, 0.2) is 0 Å². The highest BCUT2D eigenvalue weighted by molar-refractivity contribution is 5.91. The number of rotatable bonds is 6. The molecule has 0 saturated carbocycles. The van der Waals surface area contributed by atoms with Gasteiger partial charge in [0.25, 0.3) is 5.91 Å². The molecule has 2 aromatic rings. The third kappa shape index (κ3) is 4.62. The van der Waals surface area contributed by atoms with E-state index in [1.54, 1.807) is 11.0 Å². The number of hydrogen-bond donors (Lipinski definition) is 1. The Morgan fingerprint density at radius 2 is 2.19 bits per heavy atom. The Balaban J connectivity index is 1.72. The molecule has 3 rings (SSSR count). The number of benzene rings is 1. The molecule has 1 aromatic carbocycles. The summed E-state index contributed by atoms with van der Waals surface area (Å²) in [6, 6.07) is 6.10. The van der Waals surface area contributed by atoms with Crippen LogP contribution in [-0.4, -0.2) is 45.8 Å². The average molecular weight is 356 g/mol. The molecule has 0 radical (unpaired) electrons. The summed E-state index contributed by atoms with van der Waals surface area (Å²) >= 11 is 0. The highest BCUT2D eigenvalue weighted by Gasteiger charge is 2.27. The predicted molar refractivity (Wildman–Crippen MR) is 93.8 cm³/mol. The molecule has 1 aromatic heterocycles. The molecule has 7 heteroatoms. The Morgan fingerprint density at radius 3 is 2.92 bits per heavy atom. The van der Waals surface area contributed by atoms with Crippen LogP contribution >= 0.6 is 0 Å². The van der Waals surface area contributed by atoms with E-state index < -0.39 is 0 Å². The summed E-state index contributed by atoms with van der Waals surface area (Å²) in [5.74, 6) is -0.576. The molecular weight excluding hydrogens is 335 g/mol. The van der Waals surface area contributed by atoms with Crippen LogP contribution in [0.3, 0.4) is 0 Å².